The van der Waals surface area contributed by atoms with E-state index in [1.54, 1.807) is 84.3 Å². The van der Waals surface area contributed by atoms with Gasteiger partial charge in [0.25, 0.3) is 0 Å². The molecular weight excluding hydrogens is 687 g/mol. The molecule has 0 spiro atoms. The number of carbonyl (C=O) groups excluding carboxylic acids is 1. The number of hydrogen-bond donors (Lipinski definition) is 1. The van der Waals surface area contributed by atoms with Crippen molar-refractivity contribution in [3.05, 3.63) is 135 Å². The minimum absolute atomic E-state index is 0.0344. The number of carboxylic acid groups (broad SMARTS) is 1. The first-order chi connectivity index (χ1) is 24.1. The standard InChI is InChI=1S/C18H15ClN4O3.C16H11ClN4O3/c1-2-26-16(24)10-23-15-6-4-3-5-11(15)18(25)12-7-8-14(19)13(17(12)23)9-21-22-20;17-12-6-5-10-15(11(12)7-19-20-18)21(8-14(22)23)13-4-2-1-3-9(13)16(10)24/h3-8H,2,9-10H2,1H3;1-6H,7-8H2,(H,22,23). The van der Waals surface area contributed by atoms with Crippen LogP contribution >= 0.6 is 23.2 Å². The Morgan fingerprint density at radius 2 is 1.16 bits per heavy atom. The van der Waals surface area contributed by atoms with Crippen molar-refractivity contribution in [2.75, 3.05) is 6.61 Å². The number of para-hydroxylation sites is 2. The van der Waals surface area contributed by atoms with Crippen molar-refractivity contribution in [2.24, 2.45) is 10.2 Å². The largest absolute Gasteiger partial charge is 0.480 e. The summed E-state index contributed by atoms with van der Waals surface area (Å²) < 4.78 is 8.28. The molecule has 0 aliphatic carbocycles. The van der Waals surface area contributed by atoms with Gasteiger partial charge >= 0.3 is 11.9 Å². The monoisotopic (exact) mass is 712 g/mol. The van der Waals surface area contributed by atoms with Gasteiger partial charge in [-0.15, -0.1) is 0 Å². The number of hydrogen-bond acceptors (Lipinski definition) is 7. The van der Waals surface area contributed by atoms with E-state index in [9.17, 15) is 24.3 Å². The van der Waals surface area contributed by atoms with E-state index in [1.165, 1.54) is 4.57 Å². The van der Waals surface area contributed by atoms with Crippen LogP contribution in [0.15, 0.2) is 92.6 Å². The van der Waals surface area contributed by atoms with Gasteiger partial charge in [0.1, 0.15) is 13.1 Å². The lowest BCUT2D eigenvalue weighted by Gasteiger charge is -2.17. The molecule has 0 bridgehead atoms. The Balaban J connectivity index is 0.000000195. The molecule has 0 amide bonds. The molecule has 16 heteroatoms. The molecule has 6 rings (SSSR count). The summed E-state index contributed by atoms with van der Waals surface area (Å²) in [6.45, 7) is 1.43. The van der Waals surface area contributed by atoms with E-state index in [4.69, 9.17) is 39.0 Å². The first kappa shape index (κ1) is 35.3. The molecule has 14 nitrogen and oxygen atoms in total. The zero-order valence-corrected chi connectivity index (χ0v) is 27.8. The molecule has 0 aliphatic heterocycles. The normalized spacial score (nSPS) is 10.7. The average molecular weight is 714 g/mol. The van der Waals surface area contributed by atoms with Crippen LogP contribution in [0.1, 0.15) is 18.1 Å². The highest BCUT2D eigenvalue weighted by Gasteiger charge is 2.19. The topological polar surface area (TPSA) is 205 Å². The molecule has 0 fully saturated rings. The van der Waals surface area contributed by atoms with Gasteiger partial charge in [-0.1, -0.05) is 57.7 Å². The number of aliphatic carboxylic acids is 1. The number of halogens is 2. The molecule has 252 valence electrons. The van der Waals surface area contributed by atoms with Gasteiger partial charge in [0.05, 0.1) is 41.8 Å². The number of carboxylic acids is 1. The minimum Gasteiger partial charge on any atom is -0.480 e. The van der Waals surface area contributed by atoms with Gasteiger partial charge in [0, 0.05) is 52.5 Å². The SMILES string of the molecule is CCOC(=O)Cn1c2ccccc2c(=O)c2ccc(Cl)c(CN=[N+]=[N-])c21.[N-]=[N+]=NCc1c(Cl)ccc2c(=O)c3ccccc3n(CC(=O)O)c12. The second-order valence-electron chi connectivity index (χ2n) is 10.7. The lowest BCUT2D eigenvalue weighted by molar-refractivity contribution is -0.143. The van der Waals surface area contributed by atoms with Crippen LogP contribution < -0.4 is 10.9 Å². The molecule has 2 heterocycles. The third-order valence-electron chi connectivity index (χ3n) is 7.83. The smallest absolute Gasteiger partial charge is 0.325 e. The van der Waals surface area contributed by atoms with Gasteiger partial charge in [0.15, 0.2) is 10.9 Å². The maximum absolute atomic E-state index is 12.9. The van der Waals surface area contributed by atoms with E-state index < -0.39 is 11.9 Å². The molecule has 2 aromatic heterocycles. The van der Waals surface area contributed by atoms with Crippen LogP contribution in [0.4, 0.5) is 0 Å². The molecule has 0 saturated heterocycles. The lowest BCUT2D eigenvalue weighted by atomic mass is 10.0. The van der Waals surface area contributed by atoms with Gasteiger partial charge in [-0.05, 0) is 66.5 Å². The molecule has 6 aromatic rings. The Morgan fingerprint density at radius 1 is 0.720 bits per heavy atom. The molecule has 0 radical (unpaired) electrons. The molecule has 0 saturated carbocycles. The second-order valence-corrected chi connectivity index (χ2v) is 11.5. The second kappa shape index (κ2) is 15.5. The van der Waals surface area contributed by atoms with Crippen molar-refractivity contribution < 1.29 is 19.4 Å². The first-order valence-corrected chi connectivity index (χ1v) is 15.7. The number of azide groups is 2. The van der Waals surface area contributed by atoms with E-state index in [2.05, 4.69) is 20.1 Å². The summed E-state index contributed by atoms with van der Waals surface area (Å²) in [4.78, 5) is 54.7. The van der Waals surface area contributed by atoms with E-state index in [1.807, 2.05) is 0 Å². The number of esters is 1. The molecule has 0 unspecified atom stereocenters. The van der Waals surface area contributed by atoms with Crippen molar-refractivity contribution in [1.82, 2.24) is 9.13 Å². The number of ether oxygens (including phenoxy) is 1. The Labute approximate surface area is 291 Å². The fraction of sp³-hybridized carbons (Fsp3) is 0.176. The Kier molecular flexibility index (Phi) is 10.9. The van der Waals surface area contributed by atoms with Crippen LogP contribution in [0.25, 0.3) is 64.5 Å². The predicted molar refractivity (Wildman–Crippen MR) is 191 cm³/mol. The third kappa shape index (κ3) is 6.91. The van der Waals surface area contributed by atoms with Crippen molar-refractivity contribution >= 4 is 78.8 Å². The van der Waals surface area contributed by atoms with Gasteiger partial charge < -0.3 is 19.0 Å². The number of pyridine rings is 2. The lowest BCUT2D eigenvalue weighted by Crippen LogP contribution is -2.19. The molecule has 1 N–H and O–H groups in total. The van der Waals surface area contributed by atoms with Crippen molar-refractivity contribution in [3.63, 3.8) is 0 Å². The number of aromatic nitrogens is 2. The third-order valence-corrected chi connectivity index (χ3v) is 8.54. The maximum Gasteiger partial charge on any atom is 0.325 e. The van der Waals surface area contributed by atoms with E-state index >= 15 is 0 Å². The van der Waals surface area contributed by atoms with Crippen LogP contribution in [-0.2, 0) is 40.5 Å². The number of fused-ring (bicyclic) bond motifs is 4. The van der Waals surface area contributed by atoms with Crippen molar-refractivity contribution in [2.45, 2.75) is 33.1 Å². The first-order valence-electron chi connectivity index (χ1n) is 15.0. The van der Waals surface area contributed by atoms with Gasteiger partial charge in [-0.2, -0.15) is 0 Å². The number of carbonyl (C=O) groups is 2. The van der Waals surface area contributed by atoms with Crippen molar-refractivity contribution in [3.8, 4) is 0 Å². The van der Waals surface area contributed by atoms with Crippen LogP contribution in [-0.4, -0.2) is 32.8 Å². The van der Waals surface area contributed by atoms with Crippen LogP contribution in [0.5, 0.6) is 0 Å². The highest BCUT2D eigenvalue weighted by molar-refractivity contribution is 6.32. The summed E-state index contributed by atoms with van der Waals surface area (Å²) in [6, 6.07) is 20.1. The summed E-state index contributed by atoms with van der Waals surface area (Å²) >= 11 is 12.5. The van der Waals surface area contributed by atoms with Gasteiger partial charge in [-0.3, -0.25) is 19.2 Å². The fourth-order valence-electron chi connectivity index (χ4n) is 5.84. The van der Waals surface area contributed by atoms with E-state index in [0.717, 1.165) is 0 Å². The Bertz CT molecular complexity index is 2550. The minimum atomic E-state index is -1.06. The van der Waals surface area contributed by atoms with Crippen molar-refractivity contribution in [1.29, 1.82) is 0 Å². The summed E-state index contributed by atoms with van der Waals surface area (Å²) in [5, 5.41) is 18.7. The van der Waals surface area contributed by atoms with E-state index in [-0.39, 0.29) is 43.6 Å². The molecule has 0 aliphatic rings. The summed E-state index contributed by atoms with van der Waals surface area (Å²) in [5.74, 6) is -1.49. The Morgan fingerprint density at radius 3 is 1.58 bits per heavy atom. The molecule has 4 aromatic carbocycles. The van der Waals surface area contributed by atoms with Gasteiger partial charge in [-0.25, -0.2) is 0 Å². The number of nitrogens with zero attached hydrogens (tertiary/aromatic N) is 8. The highest BCUT2D eigenvalue weighted by Crippen LogP contribution is 2.30. The number of rotatable bonds is 9. The predicted octanol–water partition coefficient (Wildman–Crippen LogP) is 7.88. The maximum atomic E-state index is 12.9. The summed E-state index contributed by atoms with van der Waals surface area (Å²) in [6.07, 6.45) is 0. The zero-order chi connectivity index (χ0) is 35.9. The van der Waals surface area contributed by atoms with Gasteiger partial charge in [0.2, 0.25) is 0 Å². The molecule has 0 atom stereocenters. The average Bonchev–Trinajstić information content (AvgIpc) is 3.11. The fourth-order valence-corrected chi connectivity index (χ4v) is 6.27. The van der Waals surface area contributed by atoms with Crippen LogP contribution in [0.2, 0.25) is 10.0 Å². The highest BCUT2D eigenvalue weighted by atomic mass is 35.5. The quantitative estimate of drug-likeness (QED) is 0.0518. The molecule has 50 heavy (non-hydrogen) atoms. The molecular formula is C34H26Cl2N8O6. The zero-order valence-electron chi connectivity index (χ0n) is 26.3. The van der Waals surface area contributed by atoms with Crippen LogP contribution in [0.3, 0.4) is 0 Å². The summed E-state index contributed by atoms with van der Waals surface area (Å²) in [7, 11) is 0. The number of benzene rings is 4. The Hall–Kier alpha value is -6.04. The van der Waals surface area contributed by atoms with Crippen LogP contribution in [0, 0.1) is 0 Å². The summed E-state index contributed by atoms with van der Waals surface area (Å²) in [5.41, 5.74) is 19.7. The van der Waals surface area contributed by atoms with E-state index in [0.29, 0.717) is 64.8 Å².